The molecule has 0 bridgehead atoms. The second-order valence-electron chi connectivity index (χ2n) is 5.07. The van der Waals surface area contributed by atoms with Crippen LogP contribution in [0.4, 0.5) is 0 Å². The summed E-state index contributed by atoms with van der Waals surface area (Å²) in [5.41, 5.74) is 6.60. The van der Waals surface area contributed by atoms with Crippen LogP contribution in [-0.2, 0) is 4.79 Å². The van der Waals surface area contributed by atoms with Gasteiger partial charge in [-0.15, -0.1) is 0 Å². The topological polar surface area (TPSA) is 55.1 Å². The fourth-order valence-electron chi connectivity index (χ4n) is 2.54. The molecule has 1 aliphatic carbocycles. The van der Waals surface area contributed by atoms with Crippen molar-refractivity contribution in [2.75, 3.05) is 13.1 Å². The van der Waals surface area contributed by atoms with Gasteiger partial charge in [-0.2, -0.15) is 0 Å². The smallest absolute Gasteiger partial charge is 0.217 e. The molecule has 3 nitrogen and oxygen atoms in total. The Balaban J connectivity index is 2.10. The highest BCUT2D eigenvalue weighted by atomic mass is 16.1. The fraction of sp³-hybridized carbons (Fsp3) is 0.769. The van der Waals surface area contributed by atoms with Gasteiger partial charge in [0.15, 0.2) is 0 Å². The summed E-state index contributed by atoms with van der Waals surface area (Å²) in [7, 11) is 0. The minimum Gasteiger partial charge on any atom is -0.370 e. The molecule has 92 valence electrons. The van der Waals surface area contributed by atoms with Crippen LogP contribution in [0.2, 0.25) is 0 Å². The molecule has 2 atom stereocenters. The third-order valence-corrected chi connectivity index (χ3v) is 3.09. The van der Waals surface area contributed by atoms with Crippen molar-refractivity contribution in [2.45, 2.75) is 39.5 Å². The van der Waals surface area contributed by atoms with Crippen molar-refractivity contribution in [3.8, 4) is 0 Å². The van der Waals surface area contributed by atoms with Crippen molar-refractivity contribution in [3.05, 3.63) is 11.6 Å². The quantitative estimate of drug-likeness (QED) is 0.534. The molecule has 3 N–H and O–H groups in total. The number of rotatable bonds is 6. The molecule has 0 aromatic rings. The third kappa shape index (κ3) is 5.31. The van der Waals surface area contributed by atoms with E-state index in [1.165, 1.54) is 18.4 Å². The summed E-state index contributed by atoms with van der Waals surface area (Å²) >= 11 is 0. The first kappa shape index (κ1) is 13.2. The molecule has 0 spiro atoms. The number of carbonyl (C=O) groups is 1. The lowest BCUT2D eigenvalue weighted by Gasteiger charge is -2.25. The molecule has 16 heavy (non-hydrogen) atoms. The molecule has 0 aliphatic heterocycles. The van der Waals surface area contributed by atoms with E-state index >= 15 is 0 Å². The monoisotopic (exact) mass is 224 g/mol. The molecule has 0 fully saturated rings. The van der Waals surface area contributed by atoms with Gasteiger partial charge in [0.25, 0.3) is 0 Å². The second-order valence-corrected chi connectivity index (χ2v) is 5.07. The Morgan fingerprint density at radius 1 is 1.62 bits per heavy atom. The van der Waals surface area contributed by atoms with E-state index in [0.717, 1.165) is 25.4 Å². The maximum atomic E-state index is 10.5. The molecule has 0 saturated carbocycles. The Bertz CT molecular complexity index is 261. The molecule has 0 saturated heterocycles. The minimum absolute atomic E-state index is 0.202. The molecule has 2 unspecified atom stereocenters. The first-order valence-electron chi connectivity index (χ1n) is 6.24. The highest BCUT2D eigenvalue weighted by molar-refractivity contribution is 5.73. The standard InChI is InChI=1S/C13H24N2O/c1-10-6-11(2)8-12(7-10)9-15-5-3-4-13(14)16/h6,10,12,15H,3-5,7-9H2,1-2H3,(H2,14,16). The van der Waals surface area contributed by atoms with E-state index in [4.69, 9.17) is 5.73 Å². The lowest BCUT2D eigenvalue weighted by atomic mass is 9.84. The number of primary amides is 1. The molecule has 1 amide bonds. The van der Waals surface area contributed by atoms with E-state index in [2.05, 4.69) is 25.2 Å². The van der Waals surface area contributed by atoms with Crippen LogP contribution in [0.3, 0.4) is 0 Å². The molecule has 1 rings (SSSR count). The summed E-state index contributed by atoms with van der Waals surface area (Å²) in [6.45, 7) is 6.46. The van der Waals surface area contributed by atoms with Crippen LogP contribution < -0.4 is 11.1 Å². The van der Waals surface area contributed by atoms with Crippen molar-refractivity contribution >= 4 is 5.91 Å². The van der Waals surface area contributed by atoms with E-state index in [0.29, 0.717) is 12.3 Å². The van der Waals surface area contributed by atoms with Crippen LogP contribution in [0.1, 0.15) is 39.5 Å². The van der Waals surface area contributed by atoms with Gasteiger partial charge < -0.3 is 11.1 Å². The fourth-order valence-corrected chi connectivity index (χ4v) is 2.54. The van der Waals surface area contributed by atoms with Crippen LogP contribution in [0.15, 0.2) is 11.6 Å². The van der Waals surface area contributed by atoms with Crippen LogP contribution in [0.5, 0.6) is 0 Å². The van der Waals surface area contributed by atoms with Crippen LogP contribution >= 0.6 is 0 Å². The number of hydrogen-bond acceptors (Lipinski definition) is 2. The summed E-state index contributed by atoms with van der Waals surface area (Å²) in [5.74, 6) is 1.27. The van der Waals surface area contributed by atoms with Crippen molar-refractivity contribution in [3.63, 3.8) is 0 Å². The zero-order chi connectivity index (χ0) is 12.0. The number of allylic oxidation sites excluding steroid dienone is 2. The van der Waals surface area contributed by atoms with Gasteiger partial charge in [0.2, 0.25) is 5.91 Å². The SMILES string of the molecule is CC1=CC(C)CC(CNCCCC(N)=O)C1. The highest BCUT2D eigenvalue weighted by Gasteiger charge is 2.17. The van der Waals surface area contributed by atoms with Crippen LogP contribution in [0, 0.1) is 11.8 Å². The third-order valence-electron chi connectivity index (χ3n) is 3.09. The Kier molecular flexibility index (Phi) is 5.53. The zero-order valence-corrected chi connectivity index (χ0v) is 10.5. The summed E-state index contributed by atoms with van der Waals surface area (Å²) in [5, 5.41) is 3.42. The molecule has 0 heterocycles. The Labute approximate surface area is 98.5 Å². The average Bonchev–Trinajstić information content (AvgIpc) is 2.15. The second kappa shape index (κ2) is 6.69. The summed E-state index contributed by atoms with van der Waals surface area (Å²) < 4.78 is 0. The lowest BCUT2D eigenvalue weighted by molar-refractivity contribution is -0.118. The molecule has 0 radical (unpaired) electrons. The van der Waals surface area contributed by atoms with Crippen LogP contribution in [0.25, 0.3) is 0 Å². The normalized spacial score (nSPS) is 25.2. The summed E-state index contributed by atoms with van der Waals surface area (Å²) in [6, 6.07) is 0. The van der Waals surface area contributed by atoms with E-state index in [9.17, 15) is 4.79 Å². The van der Waals surface area contributed by atoms with Gasteiger partial charge in [-0.3, -0.25) is 4.79 Å². The van der Waals surface area contributed by atoms with Crippen molar-refractivity contribution in [1.82, 2.24) is 5.32 Å². The Hall–Kier alpha value is -0.830. The van der Waals surface area contributed by atoms with E-state index in [1.54, 1.807) is 0 Å². The Morgan fingerprint density at radius 2 is 2.38 bits per heavy atom. The van der Waals surface area contributed by atoms with Gasteiger partial charge in [-0.05, 0) is 51.1 Å². The lowest BCUT2D eigenvalue weighted by Crippen LogP contribution is -2.27. The number of amides is 1. The van der Waals surface area contributed by atoms with Crippen molar-refractivity contribution in [1.29, 1.82) is 0 Å². The minimum atomic E-state index is -0.202. The first-order valence-corrected chi connectivity index (χ1v) is 6.24. The average molecular weight is 224 g/mol. The van der Waals surface area contributed by atoms with Crippen molar-refractivity contribution < 1.29 is 4.79 Å². The predicted octanol–water partition coefficient (Wildman–Crippen LogP) is 1.83. The van der Waals surface area contributed by atoms with Gasteiger partial charge in [0.1, 0.15) is 0 Å². The van der Waals surface area contributed by atoms with Gasteiger partial charge in [-0.25, -0.2) is 0 Å². The van der Waals surface area contributed by atoms with Crippen molar-refractivity contribution in [2.24, 2.45) is 17.6 Å². The van der Waals surface area contributed by atoms with Gasteiger partial charge in [-0.1, -0.05) is 18.6 Å². The van der Waals surface area contributed by atoms with E-state index in [1.807, 2.05) is 0 Å². The summed E-state index contributed by atoms with van der Waals surface area (Å²) in [4.78, 5) is 10.5. The van der Waals surface area contributed by atoms with Gasteiger partial charge in [0.05, 0.1) is 0 Å². The van der Waals surface area contributed by atoms with E-state index in [-0.39, 0.29) is 5.91 Å². The van der Waals surface area contributed by atoms with Gasteiger partial charge >= 0.3 is 0 Å². The first-order chi connectivity index (χ1) is 7.58. The molecule has 1 aliphatic rings. The largest absolute Gasteiger partial charge is 0.370 e. The molecule has 0 aromatic carbocycles. The highest BCUT2D eigenvalue weighted by Crippen LogP contribution is 2.27. The summed E-state index contributed by atoms with van der Waals surface area (Å²) in [6.07, 6.45) is 6.22. The van der Waals surface area contributed by atoms with E-state index < -0.39 is 0 Å². The number of nitrogens with two attached hydrogens (primary N) is 1. The number of nitrogens with one attached hydrogen (secondary N) is 1. The zero-order valence-electron chi connectivity index (χ0n) is 10.5. The molecular formula is C13H24N2O. The maximum absolute atomic E-state index is 10.5. The predicted molar refractivity (Wildman–Crippen MR) is 66.9 cm³/mol. The molecule has 3 heteroatoms. The molecule has 0 aromatic heterocycles. The maximum Gasteiger partial charge on any atom is 0.217 e. The Morgan fingerprint density at radius 3 is 3.00 bits per heavy atom. The molecular weight excluding hydrogens is 200 g/mol. The number of carbonyl (C=O) groups excluding carboxylic acids is 1. The van der Waals surface area contributed by atoms with Gasteiger partial charge in [0, 0.05) is 6.42 Å². The number of hydrogen-bond donors (Lipinski definition) is 2. The van der Waals surface area contributed by atoms with Crippen LogP contribution in [-0.4, -0.2) is 19.0 Å².